The van der Waals surface area contributed by atoms with Crippen LogP contribution in [-0.2, 0) is 21.0 Å². The summed E-state index contributed by atoms with van der Waals surface area (Å²) in [6, 6.07) is 11.7. The molecule has 2 aliphatic rings. The van der Waals surface area contributed by atoms with E-state index in [9.17, 15) is 26.4 Å². The van der Waals surface area contributed by atoms with Crippen molar-refractivity contribution in [3.05, 3.63) is 53.6 Å². The predicted molar refractivity (Wildman–Crippen MR) is 161 cm³/mol. The van der Waals surface area contributed by atoms with Crippen LogP contribution in [0.2, 0.25) is 0 Å². The molecular weight excluding hydrogens is 567 g/mol. The SMILES string of the molecule is C.Cc1ccc(N2CCN(CCCC(=O)N3CCC(Nc4ccc(S(=O)(=O)N(C)C)c(C(F)(F)F)c4)CC3)CC2)cc1. The number of piperidine rings is 1. The summed E-state index contributed by atoms with van der Waals surface area (Å²) in [7, 11) is -1.85. The van der Waals surface area contributed by atoms with Crippen LogP contribution < -0.4 is 10.2 Å². The summed E-state index contributed by atoms with van der Waals surface area (Å²) in [5.74, 6) is 0.111. The van der Waals surface area contributed by atoms with Crippen LogP contribution in [0.3, 0.4) is 0 Å². The highest BCUT2D eigenvalue weighted by Gasteiger charge is 2.38. The first kappa shape index (κ1) is 33.7. The van der Waals surface area contributed by atoms with Crippen LogP contribution >= 0.6 is 0 Å². The monoisotopic (exact) mass is 611 g/mol. The molecule has 0 atom stereocenters. The van der Waals surface area contributed by atoms with Gasteiger partial charge in [0.1, 0.15) is 0 Å². The number of piperazine rings is 1. The van der Waals surface area contributed by atoms with E-state index in [0.29, 0.717) is 32.4 Å². The molecule has 0 radical (unpaired) electrons. The quantitative estimate of drug-likeness (QED) is 0.435. The standard InChI is InChI=1S/C29H40F3N5O3S.CH4/c1-22-6-9-25(10-7-22)36-19-17-35(18-20-36)14-4-5-28(38)37-15-12-23(13-16-37)33-24-8-11-27(41(39,40)34(2)3)26(21-24)29(30,31)32;/h6-11,21,23,33H,4-5,12-20H2,1-3H3;1H4. The van der Waals surface area contributed by atoms with Crippen molar-refractivity contribution in [2.45, 2.75) is 57.1 Å². The van der Waals surface area contributed by atoms with Crippen molar-refractivity contribution in [2.75, 3.05) is 70.1 Å². The van der Waals surface area contributed by atoms with Crippen LogP contribution in [0.1, 0.15) is 44.2 Å². The average molecular weight is 612 g/mol. The molecule has 2 aromatic carbocycles. The Morgan fingerprint density at radius 2 is 1.60 bits per heavy atom. The number of likely N-dealkylation sites (tertiary alicyclic amines) is 1. The Hall–Kier alpha value is -2.83. The van der Waals surface area contributed by atoms with E-state index in [0.717, 1.165) is 55.6 Å². The van der Waals surface area contributed by atoms with Gasteiger partial charge in [0.25, 0.3) is 0 Å². The molecule has 0 bridgehead atoms. The normalized spacial score (nSPS) is 17.3. The number of halogens is 3. The maximum absolute atomic E-state index is 13.7. The Kier molecular flexibility index (Phi) is 11.3. The van der Waals surface area contributed by atoms with E-state index in [1.54, 1.807) is 0 Å². The molecule has 42 heavy (non-hydrogen) atoms. The summed E-state index contributed by atoms with van der Waals surface area (Å²) >= 11 is 0. The Morgan fingerprint density at radius 3 is 2.17 bits per heavy atom. The zero-order chi connectivity index (χ0) is 29.8. The van der Waals surface area contributed by atoms with E-state index >= 15 is 0 Å². The number of hydrogen-bond acceptors (Lipinski definition) is 6. The lowest BCUT2D eigenvalue weighted by Gasteiger charge is -2.36. The van der Waals surface area contributed by atoms with E-state index in [1.807, 2.05) is 4.90 Å². The van der Waals surface area contributed by atoms with Crippen molar-refractivity contribution in [2.24, 2.45) is 0 Å². The zero-order valence-electron chi connectivity index (χ0n) is 24.0. The van der Waals surface area contributed by atoms with E-state index in [4.69, 9.17) is 0 Å². The van der Waals surface area contributed by atoms with Gasteiger partial charge in [-0.25, -0.2) is 12.7 Å². The average Bonchev–Trinajstić information content (AvgIpc) is 2.93. The highest BCUT2D eigenvalue weighted by atomic mass is 32.2. The number of carbonyl (C=O) groups excluding carboxylic acids is 1. The smallest absolute Gasteiger partial charge is 0.382 e. The first-order valence-corrected chi connectivity index (χ1v) is 15.5. The molecule has 0 aliphatic carbocycles. The van der Waals surface area contributed by atoms with E-state index in [2.05, 4.69) is 46.3 Å². The van der Waals surface area contributed by atoms with E-state index in [-0.39, 0.29) is 25.1 Å². The van der Waals surface area contributed by atoms with Crippen molar-refractivity contribution < 1.29 is 26.4 Å². The first-order valence-electron chi connectivity index (χ1n) is 14.1. The molecule has 8 nitrogen and oxygen atoms in total. The molecule has 1 amide bonds. The molecular formula is C30H44F3N5O3S. The van der Waals surface area contributed by atoms with Crippen LogP contribution in [-0.4, -0.2) is 94.4 Å². The summed E-state index contributed by atoms with van der Waals surface area (Å²) in [6.45, 7) is 7.91. The second-order valence-electron chi connectivity index (χ2n) is 11.1. The fourth-order valence-electron chi connectivity index (χ4n) is 5.37. The van der Waals surface area contributed by atoms with Gasteiger partial charge in [-0.15, -0.1) is 0 Å². The number of anilines is 2. The van der Waals surface area contributed by atoms with E-state index in [1.165, 1.54) is 31.4 Å². The molecule has 2 aliphatic heterocycles. The fraction of sp³-hybridized carbons (Fsp3) is 0.567. The number of carbonyl (C=O) groups is 1. The van der Waals surface area contributed by atoms with Gasteiger partial charge in [0, 0.05) is 77.2 Å². The van der Waals surface area contributed by atoms with Crippen molar-refractivity contribution in [1.82, 2.24) is 14.1 Å². The number of nitrogens with zero attached hydrogens (tertiary/aromatic N) is 4. The number of rotatable bonds is 9. The van der Waals surface area contributed by atoms with Crippen LogP contribution in [0.5, 0.6) is 0 Å². The topological polar surface area (TPSA) is 76.2 Å². The van der Waals surface area contributed by atoms with Crippen LogP contribution in [0.25, 0.3) is 0 Å². The van der Waals surface area contributed by atoms with Gasteiger partial charge in [0.15, 0.2) is 0 Å². The van der Waals surface area contributed by atoms with Gasteiger partial charge >= 0.3 is 6.18 Å². The Balaban J connectivity index is 0.00000484. The minimum atomic E-state index is -4.82. The van der Waals surface area contributed by atoms with Gasteiger partial charge in [-0.3, -0.25) is 9.69 Å². The van der Waals surface area contributed by atoms with Crippen LogP contribution in [0.4, 0.5) is 24.5 Å². The van der Waals surface area contributed by atoms with E-state index < -0.39 is 26.7 Å². The third kappa shape index (κ3) is 8.38. The molecule has 0 aromatic heterocycles. The van der Waals surface area contributed by atoms with Crippen LogP contribution in [0, 0.1) is 6.92 Å². The van der Waals surface area contributed by atoms with Gasteiger partial charge < -0.3 is 15.1 Å². The highest BCUT2D eigenvalue weighted by Crippen LogP contribution is 2.37. The lowest BCUT2D eigenvalue weighted by atomic mass is 10.0. The number of benzene rings is 2. The van der Waals surface area contributed by atoms with Gasteiger partial charge in [-0.2, -0.15) is 13.2 Å². The molecule has 0 spiro atoms. The van der Waals surface area contributed by atoms with Gasteiger partial charge in [0.2, 0.25) is 15.9 Å². The van der Waals surface area contributed by atoms with Gasteiger partial charge in [-0.05, 0) is 63.1 Å². The summed E-state index contributed by atoms with van der Waals surface area (Å²) in [5, 5.41) is 3.11. The lowest BCUT2D eigenvalue weighted by molar-refractivity contribution is -0.140. The fourth-order valence-corrected chi connectivity index (χ4v) is 6.46. The third-order valence-corrected chi connectivity index (χ3v) is 9.77. The number of aryl methyl sites for hydroxylation is 1. The lowest BCUT2D eigenvalue weighted by Crippen LogP contribution is -2.47. The van der Waals surface area contributed by atoms with Crippen molar-refractivity contribution in [3.63, 3.8) is 0 Å². The second-order valence-corrected chi connectivity index (χ2v) is 13.2. The zero-order valence-corrected chi connectivity index (χ0v) is 24.8. The number of alkyl halides is 3. The van der Waals surface area contributed by atoms with Crippen molar-refractivity contribution >= 4 is 27.3 Å². The molecule has 2 heterocycles. The van der Waals surface area contributed by atoms with Crippen LogP contribution in [0.15, 0.2) is 47.4 Å². The molecule has 234 valence electrons. The van der Waals surface area contributed by atoms with Gasteiger partial charge in [-0.1, -0.05) is 25.1 Å². The molecule has 1 N–H and O–H groups in total. The predicted octanol–water partition coefficient (Wildman–Crippen LogP) is 4.91. The Labute approximate surface area is 248 Å². The van der Waals surface area contributed by atoms with Crippen molar-refractivity contribution in [3.8, 4) is 0 Å². The maximum atomic E-state index is 13.7. The molecule has 2 saturated heterocycles. The number of sulfonamides is 1. The minimum Gasteiger partial charge on any atom is -0.382 e. The molecule has 12 heteroatoms. The number of amides is 1. The summed E-state index contributed by atoms with van der Waals surface area (Å²) < 4.78 is 66.7. The molecule has 2 fully saturated rings. The summed E-state index contributed by atoms with van der Waals surface area (Å²) in [5.41, 5.74) is 1.52. The first-order chi connectivity index (χ1) is 19.3. The number of hydrogen-bond donors (Lipinski definition) is 1. The Bertz CT molecular complexity index is 1290. The van der Waals surface area contributed by atoms with Gasteiger partial charge in [0.05, 0.1) is 10.5 Å². The molecule has 2 aromatic rings. The van der Waals surface area contributed by atoms with Crippen molar-refractivity contribution in [1.29, 1.82) is 0 Å². The largest absolute Gasteiger partial charge is 0.417 e. The molecule has 0 unspecified atom stereocenters. The summed E-state index contributed by atoms with van der Waals surface area (Å²) in [4.78, 5) is 18.7. The highest BCUT2D eigenvalue weighted by molar-refractivity contribution is 7.89. The minimum absolute atomic E-state index is 0. The summed E-state index contributed by atoms with van der Waals surface area (Å²) in [6.07, 6.45) is -2.34. The molecule has 0 saturated carbocycles. The molecule has 4 rings (SSSR count). The number of nitrogens with one attached hydrogen (secondary N) is 1. The Morgan fingerprint density at radius 1 is 0.976 bits per heavy atom. The third-order valence-electron chi connectivity index (χ3n) is 7.90. The second kappa shape index (κ2) is 14.1. The maximum Gasteiger partial charge on any atom is 0.417 e.